The summed E-state index contributed by atoms with van der Waals surface area (Å²) in [6, 6.07) is 18.1. The van der Waals surface area contributed by atoms with Gasteiger partial charge in [0.15, 0.2) is 0 Å². The van der Waals surface area contributed by atoms with E-state index in [-0.39, 0.29) is 0 Å². The standard InChI is InChI=1S/C16H14BrN3/c1-11-3-2-4-12(9-11)15-10-16(18)20(19-15)14-7-5-13(17)6-8-14/h2-10H,18H2,1H3. The summed E-state index contributed by atoms with van der Waals surface area (Å²) < 4.78 is 2.79. The lowest BCUT2D eigenvalue weighted by atomic mass is 10.1. The highest BCUT2D eigenvalue weighted by molar-refractivity contribution is 9.10. The predicted octanol–water partition coefficient (Wildman–Crippen LogP) is 4.19. The van der Waals surface area contributed by atoms with E-state index in [1.165, 1.54) is 5.56 Å². The number of halogens is 1. The normalized spacial score (nSPS) is 10.7. The molecule has 100 valence electrons. The third-order valence-electron chi connectivity index (χ3n) is 3.12. The highest BCUT2D eigenvalue weighted by atomic mass is 79.9. The number of anilines is 1. The van der Waals surface area contributed by atoms with Crippen LogP contribution in [0.5, 0.6) is 0 Å². The molecule has 3 nitrogen and oxygen atoms in total. The molecule has 0 bridgehead atoms. The van der Waals surface area contributed by atoms with Crippen LogP contribution in [-0.4, -0.2) is 9.78 Å². The lowest BCUT2D eigenvalue weighted by Crippen LogP contribution is -2.01. The molecule has 0 fully saturated rings. The number of hydrogen-bond donors (Lipinski definition) is 1. The Morgan fingerprint density at radius 3 is 2.50 bits per heavy atom. The molecule has 2 N–H and O–H groups in total. The second kappa shape index (κ2) is 5.13. The van der Waals surface area contributed by atoms with Gasteiger partial charge in [-0.15, -0.1) is 0 Å². The molecule has 0 spiro atoms. The molecular weight excluding hydrogens is 314 g/mol. The maximum Gasteiger partial charge on any atom is 0.127 e. The molecule has 3 aromatic rings. The van der Waals surface area contributed by atoms with Crippen LogP contribution in [0.1, 0.15) is 5.56 Å². The van der Waals surface area contributed by atoms with Crippen molar-refractivity contribution in [3.8, 4) is 16.9 Å². The minimum absolute atomic E-state index is 0.629. The summed E-state index contributed by atoms with van der Waals surface area (Å²) in [5.74, 6) is 0.629. The summed E-state index contributed by atoms with van der Waals surface area (Å²) in [5, 5.41) is 4.60. The smallest absolute Gasteiger partial charge is 0.127 e. The van der Waals surface area contributed by atoms with E-state index in [4.69, 9.17) is 5.73 Å². The van der Waals surface area contributed by atoms with Crippen molar-refractivity contribution in [2.75, 3.05) is 5.73 Å². The van der Waals surface area contributed by atoms with Gasteiger partial charge in [-0.1, -0.05) is 39.7 Å². The van der Waals surface area contributed by atoms with Gasteiger partial charge in [0.25, 0.3) is 0 Å². The molecule has 1 aromatic heterocycles. The maximum atomic E-state index is 6.08. The highest BCUT2D eigenvalue weighted by Crippen LogP contribution is 2.24. The molecule has 0 unspecified atom stereocenters. The van der Waals surface area contributed by atoms with Gasteiger partial charge in [-0.2, -0.15) is 5.10 Å². The monoisotopic (exact) mass is 327 g/mol. The molecule has 0 atom stereocenters. The minimum Gasteiger partial charge on any atom is -0.384 e. The number of nitrogens with zero attached hydrogens (tertiary/aromatic N) is 2. The molecule has 0 aliphatic rings. The van der Waals surface area contributed by atoms with E-state index in [2.05, 4.69) is 40.1 Å². The van der Waals surface area contributed by atoms with Gasteiger partial charge in [0.2, 0.25) is 0 Å². The first-order chi connectivity index (χ1) is 9.63. The van der Waals surface area contributed by atoms with Crippen LogP contribution in [0.15, 0.2) is 59.1 Å². The SMILES string of the molecule is Cc1cccc(-c2cc(N)n(-c3ccc(Br)cc3)n2)c1. The average Bonchev–Trinajstić information content (AvgIpc) is 2.82. The van der Waals surface area contributed by atoms with E-state index in [9.17, 15) is 0 Å². The van der Waals surface area contributed by atoms with Crippen molar-refractivity contribution in [3.63, 3.8) is 0 Å². The summed E-state index contributed by atoms with van der Waals surface area (Å²) in [5.41, 5.74) is 10.2. The molecular formula is C16H14BrN3. The van der Waals surface area contributed by atoms with E-state index in [0.29, 0.717) is 5.82 Å². The number of aromatic nitrogens is 2. The van der Waals surface area contributed by atoms with Crippen LogP contribution in [0, 0.1) is 6.92 Å². The lowest BCUT2D eigenvalue weighted by molar-refractivity contribution is 0.895. The molecule has 0 amide bonds. The van der Waals surface area contributed by atoms with Crippen LogP contribution in [0.3, 0.4) is 0 Å². The van der Waals surface area contributed by atoms with Gasteiger partial charge in [-0.25, -0.2) is 4.68 Å². The van der Waals surface area contributed by atoms with Crippen molar-refractivity contribution in [2.24, 2.45) is 0 Å². The van der Waals surface area contributed by atoms with Crippen molar-refractivity contribution in [1.82, 2.24) is 9.78 Å². The van der Waals surface area contributed by atoms with Gasteiger partial charge in [0.1, 0.15) is 5.82 Å². The van der Waals surface area contributed by atoms with Crippen molar-refractivity contribution < 1.29 is 0 Å². The molecule has 0 saturated heterocycles. The van der Waals surface area contributed by atoms with E-state index >= 15 is 0 Å². The molecule has 0 saturated carbocycles. The Morgan fingerprint density at radius 2 is 1.80 bits per heavy atom. The Bertz CT molecular complexity index is 745. The Kier molecular flexibility index (Phi) is 3.32. The third-order valence-corrected chi connectivity index (χ3v) is 3.65. The van der Waals surface area contributed by atoms with Crippen molar-refractivity contribution in [3.05, 3.63) is 64.6 Å². The Morgan fingerprint density at radius 1 is 1.05 bits per heavy atom. The summed E-state index contributed by atoms with van der Waals surface area (Å²) in [4.78, 5) is 0. The molecule has 1 heterocycles. The Labute approximate surface area is 126 Å². The highest BCUT2D eigenvalue weighted by Gasteiger charge is 2.08. The van der Waals surface area contributed by atoms with Gasteiger partial charge < -0.3 is 5.73 Å². The number of rotatable bonds is 2. The predicted molar refractivity (Wildman–Crippen MR) is 85.8 cm³/mol. The lowest BCUT2D eigenvalue weighted by Gasteiger charge is -2.03. The number of aryl methyl sites for hydroxylation is 1. The van der Waals surface area contributed by atoms with Crippen LogP contribution < -0.4 is 5.73 Å². The second-order valence-electron chi connectivity index (χ2n) is 4.71. The zero-order chi connectivity index (χ0) is 14.1. The molecule has 0 aliphatic carbocycles. The first-order valence-corrected chi connectivity index (χ1v) is 7.11. The quantitative estimate of drug-likeness (QED) is 0.766. The fraction of sp³-hybridized carbons (Fsp3) is 0.0625. The van der Waals surface area contributed by atoms with E-state index in [1.807, 2.05) is 42.5 Å². The number of benzene rings is 2. The summed E-state index contributed by atoms with van der Waals surface area (Å²) >= 11 is 3.43. The topological polar surface area (TPSA) is 43.8 Å². The van der Waals surface area contributed by atoms with Crippen molar-refractivity contribution in [1.29, 1.82) is 0 Å². The van der Waals surface area contributed by atoms with Gasteiger partial charge in [0, 0.05) is 16.1 Å². The van der Waals surface area contributed by atoms with E-state index in [1.54, 1.807) is 4.68 Å². The number of hydrogen-bond acceptors (Lipinski definition) is 2. The van der Waals surface area contributed by atoms with Gasteiger partial charge >= 0.3 is 0 Å². The summed E-state index contributed by atoms with van der Waals surface area (Å²) in [7, 11) is 0. The van der Waals surface area contributed by atoms with E-state index in [0.717, 1.165) is 21.4 Å². The first kappa shape index (κ1) is 12.9. The maximum absolute atomic E-state index is 6.08. The van der Waals surface area contributed by atoms with Crippen LogP contribution >= 0.6 is 15.9 Å². The molecule has 0 aliphatic heterocycles. The van der Waals surface area contributed by atoms with Gasteiger partial charge in [-0.05, 0) is 37.3 Å². The van der Waals surface area contributed by atoms with Gasteiger partial charge in [0.05, 0.1) is 11.4 Å². The van der Waals surface area contributed by atoms with Crippen LogP contribution in [0.25, 0.3) is 16.9 Å². The zero-order valence-corrected chi connectivity index (χ0v) is 12.6. The summed E-state index contributed by atoms with van der Waals surface area (Å²) in [6.45, 7) is 2.07. The fourth-order valence-corrected chi connectivity index (χ4v) is 2.39. The molecule has 2 aromatic carbocycles. The Balaban J connectivity index is 2.05. The molecule has 0 radical (unpaired) electrons. The zero-order valence-electron chi connectivity index (χ0n) is 11.0. The molecule has 3 rings (SSSR count). The minimum atomic E-state index is 0.629. The average molecular weight is 328 g/mol. The van der Waals surface area contributed by atoms with Crippen LogP contribution in [0.2, 0.25) is 0 Å². The van der Waals surface area contributed by atoms with Gasteiger partial charge in [-0.3, -0.25) is 0 Å². The fourth-order valence-electron chi connectivity index (χ4n) is 2.13. The number of nitrogens with two attached hydrogens (primary N) is 1. The van der Waals surface area contributed by atoms with Crippen molar-refractivity contribution in [2.45, 2.75) is 6.92 Å². The van der Waals surface area contributed by atoms with E-state index < -0.39 is 0 Å². The largest absolute Gasteiger partial charge is 0.384 e. The van der Waals surface area contributed by atoms with Crippen LogP contribution in [-0.2, 0) is 0 Å². The third kappa shape index (κ3) is 2.47. The summed E-state index contributed by atoms with van der Waals surface area (Å²) in [6.07, 6.45) is 0. The second-order valence-corrected chi connectivity index (χ2v) is 5.63. The Hall–Kier alpha value is -2.07. The van der Waals surface area contributed by atoms with Crippen LogP contribution in [0.4, 0.5) is 5.82 Å². The number of nitrogen functional groups attached to an aromatic ring is 1. The molecule has 20 heavy (non-hydrogen) atoms. The molecule has 4 heteroatoms. The first-order valence-electron chi connectivity index (χ1n) is 6.32. The van der Waals surface area contributed by atoms with Crippen molar-refractivity contribution >= 4 is 21.7 Å².